The molecule has 1 aromatic rings. The molecular formula is C26H32O7. The molecule has 0 aromatic carbocycles. The Kier molecular flexibility index (Phi) is 3.96. The van der Waals surface area contributed by atoms with Crippen LogP contribution >= 0.6 is 0 Å². The Morgan fingerprint density at radius 1 is 1.06 bits per heavy atom. The fourth-order valence-electron chi connectivity index (χ4n) is 8.79. The molecule has 1 spiro atoms. The van der Waals surface area contributed by atoms with E-state index in [4.69, 9.17) is 18.6 Å². The van der Waals surface area contributed by atoms with Crippen LogP contribution in [0.5, 0.6) is 0 Å². The van der Waals surface area contributed by atoms with Crippen LogP contribution in [0.25, 0.3) is 0 Å². The first kappa shape index (κ1) is 21.4. The number of carbonyl (C=O) groups is 2. The Balaban J connectivity index is 1.52. The zero-order valence-electron chi connectivity index (χ0n) is 19.8. The number of cyclic esters (lactones) is 2. The number of furan rings is 1. The first-order chi connectivity index (χ1) is 15.4. The Labute approximate surface area is 193 Å². The molecule has 4 heterocycles. The predicted molar refractivity (Wildman–Crippen MR) is 116 cm³/mol. The molecule has 1 N–H and O–H groups in total. The Morgan fingerprint density at radius 2 is 1.82 bits per heavy atom. The van der Waals surface area contributed by atoms with Crippen molar-refractivity contribution in [2.24, 2.45) is 28.1 Å². The van der Waals surface area contributed by atoms with Crippen LogP contribution < -0.4 is 0 Å². The molecule has 6 rings (SSSR count). The zero-order chi connectivity index (χ0) is 23.6. The van der Waals surface area contributed by atoms with Crippen molar-refractivity contribution in [1.29, 1.82) is 0 Å². The number of aliphatic hydroxyl groups excluding tert-OH is 1. The summed E-state index contributed by atoms with van der Waals surface area (Å²) in [5, 5.41) is 11.8. The van der Waals surface area contributed by atoms with Gasteiger partial charge >= 0.3 is 11.9 Å². The van der Waals surface area contributed by atoms with E-state index in [0.717, 1.165) is 18.4 Å². The van der Waals surface area contributed by atoms with Gasteiger partial charge in [-0.15, -0.1) is 0 Å². The molecule has 5 aliphatic rings. The third kappa shape index (κ3) is 2.28. The van der Waals surface area contributed by atoms with Gasteiger partial charge in [0.2, 0.25) is 0 Å². The van der Waals surface area contributed by atoms with Gasteiger partial charge in [0, 0.05) is 28.4 Å². The third-order valence-electron chi connectivity index (χ3n) is 10.2. The lowest BCUT2D eigenvalue weighted by Crippen LogP contribution is -2.72. The number of hydrogen-bond donors (Lipinski definition) is 1. The predicted octanol–water partition coefficient (Wildman–Crippen LogP) is 3.72. The first-order valence-corrected chi connectivity index (χ1v) is 11.9. The standard InChI is InChI=1S/C26H32O7/c1-22(2)16-12-17(27)25(5)15(23(16,3)9-7-18(28)32-22)6-10-24(4)19(14-8-11-30-13-14)31-21(29)20-26(24,25)33-20/h7-9,11,13,15-17,19-20,27H,6,10,12H2,1-5H3/t15?,16?,17-,19?,20-,23-,24+,25+,26-/m1/s1. The van der Waals surface area contributed by atoms with Crippen molar-refractivity contribution in [3.63, 3.8) is 0 Å². The highest BCUT2D eigenvalue weighted by Crippen LogP contribution is 2.79. The number of carbonyl (C=O) groups excluding carboxylic acids is 2. The Morgan fingerprint density at radius 3 is 2.52 bits per heavy atom. The maximum atomic E-state index is 13.1. The largest absolute Gasteiger partial charge is 0.472 e. The molecule has 2 aliphatic carbocycles. The van der Waals surface area contributed by atoms with E-state index in [1.807, 2.05) is 26.0 Å². The average Bonchev–Trinajstić information content (AvgIpc) is 3.33. The monoisotopic (exact) mass is 456 g/mol. The van der Waals surface area contributed by atoms with Crippen LogP contribution in [-0.4, -0.2) is 40.5 Å². The van der Waals surface area contributed by atoms with Crippen LogP contribution in [0.1, 0.15) is 65.5 Å². The molecule has 9 atom stereocenters. The Hall–Kier alpha value is -2.12. The normalized spacial score (nSPS) is 51.8. The smallest absolute Gasteiger partial charge is 0.339 e. The molecule has 0 bridgehead atoms. The van der Waals surface area contributed by atoms with Gasteiger partial charge in [0.1, 0.15) is 17.3 Å². The maximum Gasteiger partial charge on any atom is 0.339 e. The summed E-state index contributed by atoms with van der Waals surface area (Å²) >= 11 is 0. The second-order valence-electron chi connectivity index (χ2n) is 11.9. The highest BCUT2D eigenvalue weighted by molar-refractivity contribution is 5.83. The highest BCUT2D eigenvalue weighted by atomic mass is 16.7. The molecule has 3 aliphatic heterocycles. The average molecular weight is 457 g/mol. The fraction of sp³-hybridized carbons (Fsp3) is 0.692. The second kappa shape index (κ2) is 6.11. The lowest BCUT2D eigenvalue weighted by molar-refractivity contribution is -0.252. The van der Waals surface area contributed by atoms with E-state index in [2.05, 4.69) is 20.8 Å². The van der Waals surface area contributed by atoms with Crippen molar-refractivity contribution < 1.29 is 33.3 Å². The van der Waals surface area contributed by atoms with Crippen molar-refractivity contribution in [3.05, 3.63) is 36.3 Å². The van der Waals surface area contributed by atoms with Crippen molar-refractivity contribution in [1.82, 2.24) is 0 Å². The second-order valence-corrected chi connectivity index (χ2v) is 11.9. The zero-order valence-corrected chi connectivity index (χ0v) is 19.8. The minimum absolute atomic E-state index is 0.0160. The molecule has 0 amide bonds. The highest BCUT2D eigenvalue weighted by Gasteiger charge is 2.87. The summed E-state index contributed by atoms with van der Waals surface area (Å²) in [6, 6.07) is 1.84. The van der Waals surface area contributed by atoms with Gasteiger partial charge in [-0.05, 0) is 50.5 Å². The number of rotatable bonds is 1. The molecule has 3 unspecified atom stereocenters. The Bertz CT molecular complexity index is 1060. The van der Waals surface area contributed by atoms with Gasteiger partial charge in [-0.3, -0.25) is 0 Å². The van der Waals surface area contributed by atoms with Gasteiger partial charge in [0.25, 0.3) is 0 Å². The van der Waals surface area contributed by atoms with E-state index in [1.54, 1.807) is 18.6 Å². The molecule has 7 nitrogen and oxygen atoms in total. The summed E-state index contributed by atoms with van der Waals surface area (Å²) in [7, 11) is 0. The third-order valence-corrected chi connectivity index (χ3v) is 10.2. The van der Waals surface area contributed by atoms with Gasteiger partial charge in [-0.1, -0.05) is 26.8 Å². The minimum Gasteiger partial charge on any atom is -0.472 e. The fourth-order valence-corrected chi connectivity index (χ4v) is 8.79. The van der Waals surface area contributed by atoms with E-state index >= 15 is 0 Å². The topological polar surface area (TPSA) is 98.5 Å². The van der Waals surface area contributed by atoms with Crippen LogP contribution in [0, 0.1) is 28.1 Å². The van der Waals surface area contributed by atoms with Crippen LogP contribution in [-0.2, 0) is 23.8 Å². The maximum absolute atomic E-state index is 13.1. The number of hydrogen-bond acceptors (Lipinski definition) is 7. The van der Waals surface area contributed by atoms with Crippen molar-refractivity contribution >= 4 is 11.9 Å². The quantitative estimate of drug-likeness (QED) is 0.508. The number of ether oxygens (including phenoxy) is 3. The van der Waals surface area contributed by atoms with Crippen molar-refractivity contribution in [3.8, 4) is 0 Å². The summed E-state index contributed by atoms with van der Waals surface area (Å²) in [6.45, 7) is 10.3. The SMILES string of the molecule is CC1(C)OC(=O)C=C[C@@]2(C)C1C[C@@H](O)[C@]1(C)C2CC[C@@]2(C)C(c3ccoc3)OC(=O)[C@H]3O[C@]321. The van der Waals surface area contributed by atoms with Crippen molar-refractivity contribution in [2.45, 2.75) is 83.4 Å². The van der Waals surface area contributed by atoms with Gasteiger partial charge in [-0.2, -0.15) is 0 Å². The first-order valence-electron chi connectivity index (χ1n) is 11.9. The minimum atomic E-state index is -0.858. The number of esters is 2. The summed E-state index contributed by atoms with van der Waals surface area (Å²) in [6.07, 6.45) is 6.82. The van der Waals surface area contributed by atoms with Crippen LogP contribution in [0.15, 0.2) is 35.2 Å². The molecule has 0 radical (unpaired) electrons. The van der Waals surface area contributed by atoms with E-state index in [-0.39, 0.29) is 23.8 Å². The number of aliphatic hydroxyl groups is 1. The summed E-state index contributed by atoms with van der Waals surface area (Å²) in [4.78, 5) is 25.5. The molecular weight excluding hydrogens is 424 g/mol. The lowest BCUT2D eigenvalue weighted by Gasteiger charge is -2.67. The van der Waals surface area contributed by atoms with Crippen LogP contribution in [0.2, 0.25) is 0 Å². The van der Waals surface area contributed by atoms with E-state index in [1.165, 1.54) is 0 Å². The summed E-state index contributed by atoms with van der Waals surface area (Å²) in [5.41, 5.74) is -2.44. The molecule has 2 saturated carbocycles. The van der Waals surface area contributed by atoms with Crippen molar-refractivity contribution in [2.75, 3.05) is 0 Å². The van der Waals surface area contributed by atoms with Gasteiger partial charge in [0.15, 0.2) is 6.10 Å². The molecule has 1 aromatic heterocycles. The van der Waals surface area contributed by atoms with Crippen LogP contribution in [0.3, 0.4) is 0 Å². The van der Waals surface area contributed by atoms with E-state index < -0.39 is 45.8 Å². The molecule has 7 heteroatoms. The molecule has 2 saturated heterocycles. The number of fused-ring (bicyclic) bond motifs is 3. The molecule has 33 heavy (non-hydrogen) atoms. The number of allylic oxidation sites excluding steroid dienone is 1. The molecule has 4 fully saturated rings. The van der Waals surface area contributed by atoms with Crippen LogP contribution in [0.4, 0.5) is 0 Å². The summed E-state index contributed by atoms with van der Waals surface area (Å²) in [5.74, 6) is -0.820. The van der Waals surface area contributed by atoms with Gasteiger partial charge in [-0.25, -0.2) is 9.59 Å². The number of epoxide rings is 1. The van der Waals surface area contributed by atoms with E-state index in [9.17, 15) is 14.7 Å². The van der Waals surface area contributed by atoms with E-state index in [0.29, 0.717) is 6.42 Å². The summed E-state index contributed by atoms with van der Waals surface area (Å²) < 4.78 is 23.4. The van der Waals surface area contributed by atoms with Gasteiger partial charge in [0.05, 0.1) is 18.6 Å². The van der Waals surface area contributed by atoms with Gasteiger partial charge < -0.3 is 23.7 Å². The molecule has 178 valence electrons. The lowest BCUT2D eigenvalue weighted by atomic mass is 9.37.